The van der Waals surface area contributed by atoms with E-state index in [1.165, 1.54) is 35.0 Å². The molecule has 3 unspecified atom stereocenters. The highest BCUT2D eigenvalue weighted by Gasteiger charge is 2.23. The molecular formula is C15H24INS. The molecule has 1 aromatic rings. The Hall–Kier alpha value is 0.390. The number of rotatable bonds is 5. The Morgan fingerprint density at radius 1 is 1.50 bits per heavy atom. The van der Waals surface area contributed by atoms with E-state index >= 15 is 0 Å². The Bertz CT molecular complexity index is 388. The van der Waals surface area contributed by atoms with Gasteiger partial charge in [-0.05, 0) is 72.7 Å². The number of hydrogen-bond acceptors (Lipinski definition) is 2. The summed E-state index contributed by atoms with van der Waals surface area (Å²) in [5, 5.41) is 3.86. The zero-order chi connectivity index (χ0) is 13.1. The standard InChI is InChI=1S/C15H24INS/c1-4-10(2)8-11(3)17-13-6-5-7-14-12(13)9-15(16)18-14/h9-11,13,17H,4-8H2,1-3H3. The van der Waals surface area contributed by atoms with E-state index in [9.17, 15) is 0 Å². The van der Waals surface area contributed by atoms with Crippen LogP contribution < -0.4 is 5.32 Å². The van der Waals surface area contributed by atoms with E-state index < -0.39 is 0 Å². The van der Waals surface area contributed by atoms with Gasteiger partial charge in [0.15, 0.2) is 0 Å². The number of fused-ring (bicyclic) bond motifs is 1. The smallest absolute Gasteiger partial charge is 0.0659 e. The van der Waals surface area contributed by atoms with Gasteiger partial charge in [-0.3, -0.25) is 0 Å². The van der Waals surface area contributed by atoms with Crippen LogP contribution in [-0.2, 0) is 6.42 Å². The summed E-state index contributed by atoms with van der Waals surface area (Å²) in [6, 6.07) is 3.63. The van der Waals surface area contributed by atoms with Crippen LogP contribution in [0.1, 0.15) is 62.9 Å². The average Bonchev–Trinajstić information content (AvgIpc) is 2.70. The second-order valence-electron chi connectivity index (χ2n) is 5.69. The fraction of sp³-hybridized carbons (Fsp3) is 0.733. The van der Waals surface area contributed by atoms with Gasteiger partial charge < -0.3 is 5.32 Å². The van der Waals surface area contributed by atoms with Gasteiger partial charge in [-0.1, -0.05) is 20.3 Å². The van der Waals surface area contributed by atoms with Crippen LogP contribution in [0.2, 0.25) is 0 Å². The van der Waals surface area contributed by atoms with Crippen molar-refractivity contribution in [2.45, 2.75) is 65.0 Å². The van der Waals surface area contributed by atoms with Crippen LogP contribution >= 0.6 is 33.9 Å². The summed E-state index contributed by atoms with van der Waals surface area (Å²) in [7, 11) is 0. The first-order chi connectivity index (χ1) is 8.60. The average molecular weight is 377 g/mol. The van der Waals surface area contributed by atoms with Crippen molar-refractivity contribution in [2.24, 2.45) is 5.92 Å². The molecule has 1 aromatic heterocycles. The SMILES string of the molecule is CCC(C)CC(C)NC1CCCc2sc(I)cc21. The van der Waals surface area contributed by atoms with Crippen LogP contribution in [0.15, 0.2) is 6.07 Å². The maximum absolute atomic E-state index is 3.86. The maximum Gasteiger partial charge on any atom is 0.0659 e. The van der Waals surface area contributed by atoms with Gasteiger partial charge in [0.1, 0.15) is 0 Å². The lowest BCUT2D eigenvalue weighted by Gasteiger charge is -2.28. The summed E-state index contributed by atoms with van der Waals surface area (Å²) in [6.07, 6.45) is 6.53. The van der Waals surface area contributed by atoms with Gasteiger partial charge in [-0.2, -0.15) is 0 Å². The molecule has 1 N–H and O–H groups in total. The number of hydrogen-bond donors (Lipinski definition) is 1. The Labute approximate surface area is 129 Å². The number of nitrogens with one attached hydrogen (secondary N) is 1. The molecule has 3 heteroatoms. The molecule has 0 saturated carbocycles. The van der Waals surface area contributed by atoms with Crippen molar-refractivity contribution in [3.05, 3.63) is 19.4 Å². The second-order valence-corrected chi connectivity index (χ2v) is 8.72. The number of halogens is 1. The third-order valence-corrected chi connectivity index (χ3v) is 5.99. The molecule has 0 radical (unpaired) electrons. The van der Waals surface area contributed by atoms with E-state index in [0.29, 0.717) is 12.1 Å². The van der Waals surface area contributed by atoms with Gasteiger partial charge in [-0.25, -0.2) is 0 Å². The monoisotopic (exact) mass is 377 g/mol. The molecule has 0 saturated heterocycles. The van der Waals surface area contributed by atoms with Crippen molar-refractivity contribution in [3.63, 3.8) is 0 Å². The molecule has 1 nitrogen and oxygen atoms in total. The van der Waals surface area contributed by atoms with Gasteiger partial charge in [0.25, 0.3) is 0 Å². The summed E-state index contributed by atoms with van der Waals surface area (Å²) in [5.41, 5.74) is 1.59. The van der Waals surface area contributed by atoms with Crippen molar-refractivity contribution < 1.29 is 0 Å². The molecule has 1 aliphatic rings. The molecule has 18 heavy (non-hydrogen) atoms. The second kappa shape index (κ2) is 6.71. The van der Waals surface area contributed by atoms with Crippen LogP contribution in [0.3, 0.4) is 0 Å². The minimum absolute atomic E-state index is 0.604. The Balaban J connectivity index is 1.98. The third kappa shape index (κ3) is 3.70. The normalized spacial score (nSPS) is 22.6. The van der Waals surface area contributed by atoms with E-state index in [1.807, 2.05) is 11.3 Å². The lowest BCUT2D eigenvalue weighted by atomic mass is 9.92. The van der Waals surface area contributed by atoms with E-state index in [0.717, 1.165) is 5.92 Å². The quantitative estimate of drug-likeness (QED) is 0.701. The van der Waals surface area contributed by atoms with Gasteiger partial charge in [0, 0.05) is 17.0 Å². The first-order valence-electron chi connectivity index (χ1n) is 7.14. The molecule has 102 valence electrons. The molecule has 0 aromatic carbocycles. The van der Waals surface area contributed by atoms with E-state index in [4.69, 9.17) is 0 Å². The fourth-order valence-corrected chi connectivity index (χ4v) is 5.00. The molecule has 1 heterocycles. The Morgan fingerprint density at radius 2 is 2.28 bits per heavy atom. The summed E-state index contributed by atoms with van der Waals surface area (Å²) >= 11 is 4.45. The molecule has 0 bridgehead atoms. The van der Waals surface area contributed by atoms with Gasteiger partial charge >= 0.3 is 0 Å². The van der Waals surface area contributed by atoms with E-state index in [-0.39, 0.29) is 0 Å². The Morgan fingerprint density at radius 3 is 3.00 bits per heavy atom. The summed E-state index contributed by atoms with van der Waals surface area (Å²) in [6.45, 7) is 6.99. The highest BCUT2D eigenvalue weighted by molar-refractivity contribution is 14.1. The zero-order valence-corrected chi connectivity index (χ0v) is 14.6. The summed E-state index contributed by atoms with van der Waals surface area (Å²) in [4.78, 5) is 1.62. The highest BCUT2D eigenvalue weighted by atomic mass is 127. The third-order valence-electron chi connectivity index (χ3n) is 4.02. The highest BCUT2D eigenvalue weighted by Crippen LogP contribution is 2.36. The van der Waals surface area contributed by atoms with Crippen LogP contribution in [-0.4, -0.2) is 6.04 Å². The van der Waals surface area contributed by atoms with E-state index in [1.54, 1.807) is 10.4 Å². The van der Waals surface area contributed by atoms with Crippen LogP contribution in [0, 0.1) is 8.80 Å². The molecule has 0 spiro atoms. The van der Waals surface area contributed by atoms with Crippen molar-refractivity contribution >= 4 is 33.9 Å². The van der Waals surface area contributed by atoms with Crippen LogP contribution in [0.4, 0.5) is 0 Å². The van der Waals surface area contributed by atoms with Crippen molar-refractivity contribution in [1.29, 1.82) is 0 Å². The van der Waals surface area contributed by atoms with Crippen molar-refractivity contribution in [2.75, 3.05) is 0 Å². The molecule has 1 aliphatic carbocycles. The molecule has 0 aliphatic heterocycles. The molecular weight excluding hydrogens is 353 g/mol. The van der Waals surface area contributed by atoms with Gasteiger partial charge in [0.2, 0.25) is 0 Å². The van der Waals surface area contributed by atoms with E-state index in [2.05, 4.69) is 54.7 Å². The lowest BCUT2D eigenvalue weighted by Crippen LogP contribution is -2.33. The number of thiophene rings is 1. The molecule has 3 atom stereocenters. The topological polar surface area (TPSA) is 12.0 Å². The predicted molar refractivity (Wildman–Crippen MR) is 89.4 cm³/mol. The number of aryl methyl sites for hydroxylation is 1. The maximum atomic E-state index is 3.86. The summed E-state index contributed by atoms with van der Waals surface area (Å²) < 4.78 is 1.45. The summed E-state index contributed by atoms with van der Waals surface area (Å²) in [5.74, 6) is 0.832. The Kier molecular flexibility index (Phi) is 5.51. The minimum atomic E-state index is 0.604. The first kappa shape index (κ1) is 14.8. The lowest BCUT2D eigenvalue weighted by molar-refractivity contribution is 0.355. The molecule has 0 fully saturated rings. The van der Waals surface area contributed by atoms with Gasteiger partial charge in [-0.15, -0.1) is 11.3 Å². The first-order valence-corrected chi connectivity index (χ1v) is 9.03. The van der Waals surface area contributed by atoms with Crippen LogP contribution in [0.25, 0.3) is 0 Å². The van der Waals surface area contributed by atoms with Crippen molar-refractivity contribution in [1.82, 2.24) is 5.32 Å². The van der Waals surface area contributed by atoms with Gasteiger partial charge in [0.05, 0.1) is 2.88 Å². The predicted octanol–water partition coefficient (Wildman–Crippen LogP) is 5.14. The van der Waals surface area contributed by atoms with Crippen molar-refractivity contribution in [3.8, 4) is 0 Å². The molecule has 2 rings (SSSR count). The fourth-order valence-electron chi connectivity index (χ4n) is 2.88. The minimum Gasteiger partial charge on any atom is -0.307 e. The van der Waals surface area contributed by atoms with Crippen LogP contribution in [0.5, 0.6) is 0 Å². The largest absolute Gasteiger partial charge is 0.307 e. The molecule has 0 amide bonds. The zero-order valence-electron chi connectivity index (χ0n) is 11.6.